The Morgan fingerprint density at radius 2 is 1.23 bits per heavy atom. The number of thioether (sulfide) groups is 2. The second-order valence-electron chi connectivity index (χ2n) is 15.8. The van der Waals surface area contributed by atoms with E-state index >= 15 is 0 Å². The maximum absolute atomic E-state index is 14.4. The highest BCUT2D eigenvalue weighted by Crippen LogP contribution is 2.44. The van der Waals surface area contributed by atoms with Gasteiger partial charge in [0, 0.05) is 98.8 Å². The molecule has 9 heteroatoms. The summed E-state index contributed by atoms with van der Waals surface area (Å²) >= 11 is 3.75. The predicted octanol–water partition coefficient (Wildman–Crippen LogP) is 13.5. The molecular weight excluding hydrogens is 847 g/mol. The summed E-state index contributed by atoms with van der Waals surface area (Å²) < 4.78 is 39.9. The molecule has 0 fully saturated rings. The molecule has 8 rings (SSSR count). The van der Waals surface area contributed by atoms with Crippen molar-refractivity contribution in [3.05, 3.63) is 186 Å². The van der Waals surface area contributed by atoms with Gasteiger partial charge in [-0.05, 0) is 86.2 Å². The molecule has 0 saturated carbocycles. The van der Waals surface area contributed by atoms with Crippen LogP contribution in [0.5, 0.6) is 0 Å². The Bertz CT molecular complexity index is 2980. The Morgan fingerprint density at radius 1 is 0.609 bits per heavy atom. The van der Waals surface area contributed by atoms with E-state index in [-0.39, 0.29) is 4.90 Å². The highest BCUT2D eigenvalue weighted by atomic mass is 32.2. The quantitative estimate of drug-likeness (QED) is 0.0370. The molecule has 0 radical (unpaired) electrons. The van der Waals surface area contributed by atoms with Gasteiger partial charge >= 0.3 is 0 Å². The van der Waals surface area contributed by atoms with Crippen LogP contribution < -0.4 is 14.8 Å². The van der Waals surface area contributed by atoms with Crippen LogP contribution in [0.4, 0.5) is 17.1 Å². The van der Waals surface area contributed by atoms with Crippen molar-refractivity contribution in [2.24, 2.45) is 0 Å². The molecule has 64 heavy (non-hydrogen) atoms. The first-order valence-corrected chi connectivity index (χ1v) is 25.6. The summed E-state index contributed by atoms with van der Waals surface area (Å²) in [7, 11) is -3.83. The molecule has 6 nitrogen and oxygen atoms in total. The molecule has 0 saturated heterocycles. The molecule has 0 unspecified atom stereocenters. The van der Waals surface area contributed by atoms with Crippen LogP contribution in [0.1, 0.15) is 37.8 Å². The fourth-order valence-electron chi connectivity index (χ4n) is 8.46. The number of para-hydroxylation sites is 2. The maximum atomic E-state index is 14.4. The van der Waals surface area contributed by atoms with Crippen molar-refractivity contribution < 1.29 is 12.8 Å². The van der Waals surface area contributed by atoms with Gasteiger partial charge in [-0.2, -0.15) is 8.88 Å². The number of nitrogens with zero attached hydrogens (tertiary/aromatic N) is 3. The van der Waals surface area contributed by atoms with E-state index in [2.05, 4.69) is 169 Å². The van der Waals surface area contributed by atoms with Gasteiger partial charge in [0.2, 0.25) is 21.1 Å². The number of hydrogen-bond donors (Lipinski definition) is 0. The molecular formula is C55H56N3O3S3+. The standard InChI is InChI=1S/C55H56N3O3S3/c1-5-56(6-2)64(59,60)54-30-18-15-27-49(54)55-47-33-31-43(57(50-28-16-13-21-41(50)3)35-19-37-62-45-23-9-7-10-24-45)39-52(47)61-53-40-44(32-34-48(53)55)58(51-29-17-14-22-42(51)4)36-20-38-63-46-25-11-8-12-26-46/h7-18,21-34,39-40H,5-6,19-20,35-38H2,1-4H3/q+1. The van der Waals surface area contributed by atoms with Gasteiger partial charge < -0.3 is 9.32 Å². The summed E-state index contributed by atoms with van der Waals surface area (Å²) in [6.45, 7) is 10.5. The first kappa shape index (κ1) is 45.0. The first-order chi connectivity index (χ1) is 31.3. The minimum Gasteiger partial charge on any atom is -0.456 e. The maximum Gasteiger partial charge on any atom is 0.243 e. The number of hydrogen-bond acceptors (Lipinski definition) is 6. The summed E-state index contributed by atoms with van der Waals surface area (Å²) in [5.74, 6) is 2.63. The van der Waals surface area contributed by atoms with Gasteiger partial charge in [0.25, 0.3) is 0 Å². The minimum atomic E-state index is -3.83. The van der Waals surface area contributed by atoms with Crippen LogP contribution in [0.25, 0.3) is 33.4 Å². The lowest BCUT2D eigenvalue weighted by Gasteiger charge is -2.27. The third-order valence-corrected chi connectivity index (χ3v) is 16.0. The fourth-order valence-corrected chi connectivity index (χ4v) is 11.8. The van der Waals surface area contributed by atoms with Gasteiger partial charge in [-0.3, -0.25) is 0 Å². The van der Waals surface area contributed by atoms with Crippen LogP contribution in [0, 0.1) is 13.8 Å². The van der Waals surface area contributed by atoms with E-state index in [9.17, 15) is 8.42 Å². The zero-order valence-electron chi connectivity index (χ0n) is 37.1. The summed E-state index contributed by atoms with van der Waals surface area (Å²) in [6, 6.07) is 58.5. The Balaban J connectivity index is 1.30. The molecule has 0 spiro atoms. The molecule has 1 aliphatic carbocycles. The lowest BCUT2D eigenvalue weighted by atomic mass is 9.93. The lowest BCUT2D eigenvalue weighted by molar-refractivity contribution is 0.445. The Labute approximate surface area is 387 Å². The Kier molecular flexibility index (Phi) is 14.7. The second kappa shape index (κ2) is 20.9. The molecule has 0 amide bonds. The van der Waals surface area contributed by atoms with Crippen molar-refractivity contribution in [3.63, 3.8) is 0 Å². The average molecular weight is 903 g/mol. The van der Waals surface area contributed by atoms with E-state index in [1.165, 1.54) is 25.2 Å². The predicted molar refractivity (Wildman–Crippen MR) is 271 cm³/mol. The van der Waals surface area contributed by atoms with Gasteiger partial charge in [-0.15, -0.1) is 23.5 Å². The normalized spacial score (nSPS) is 12.3. The number of rotatable bonds is 18. The number of sulfonamides is 1. The van der Waals surface area contributed by atoms with E-state index in [0.717, 1.165) is 76.4 Å². The molecule has 0 N–H and O–H groups in total. The topological polar surface area (TPSA) is 56.8 Å². The third kappa shape index (κ3) is 10.0. The summed E-state index contributed by atoms with van der Waals surface area (Å²) in [5, 5.41) is 1.86. The number of benzene rings is 7. The van der Waals surface area contributed by atoms with E-state index in [4.69, 9.17) is 4.42 Å². The number of anilines is 2. The van der Waals surface area contributed by atoms with Gasteiger partial charge in [-0.25, -0.2) is 8.42 Å². The molecule has 2 aliphatic rings. The van der Waals surface area contributed by atoms with E-state index in [0.29, 0.717) is 30.0 Å². The van der Waals surface area contributed by atoms with E-state index in [1.54, 1.807) is 6.07 Å². The SMILES string of the molecule is CCN(CC)S(=O)(=O)c1ccccc1-c1c2ccc(=[N+](CCCSc3ccccc3)c3ccccc3C)cc-2oc2cc(N(CCCSc3ccccc3)c3ccccc3C)ccc12. The molecule has 0 bridgehead atoms. The summed E-state index contributed by atoms with van der Waals surface area (Å²) in [5.41, 5.74) is 8.71. The largest absolute Gasteiger partial charge is 0.456 e. The first-order valence-electron chi connectivity index (χ1n) is 22.2. The van der Waals surface area contributed by atoms with Crippen molar-refractivity contribution in [1.29, 1.82) is 0 Å². The zero-order valence-corrected chi connectivity index (χ0v) is 39.6. The molecule has 326 valence electrons. The summed E-state index contributed by atoms with van der Waals surface area (Å²) in [4.78, 5) is 5.21. The highest BCUT2D eigenvalue weighted by Gasteiger charge is 2.29. The smallest absolute Gasteiger partial charge is 0.243 e. The fraction of sp³-hybridized carbons (Fsp3) is 0.218. The average Bonchev–Trinajstić information content (AvgIpc) is 3.32. The van der Waals surface area contributed by atoms with Crippen LogP contribution in [0.15, 0.2) is 189 Å². The van der Waals surface area contributed by atoms with Crippen LogP contribution in [-0.4, -0.2) is 50.4 Å². The Morgan fingerprint density at radius 3 is 1.92 bits per heavy atom. The van der Waals surface area contributed by atoms with E-state index < -0.39 is 10.0 Å². The second-order valence-corrected chi connectivity index (χ2v) is 20.1. The molecule has 6 aromatic rings. The molecule has 0 atom stereocenters. The number of fused-ring (bicyclic) bond motifs is 2. The molecule has 1 heterocycles. The summed E-state index contributed by atoms with van der Waals surface area (Å²) in [6.07, 6.45) is 1.93. The van der Waals surface area contributed by atoms with Crippen LogP contribution in [0.3, 0.4) is 0 Å². The van der Waals surface area contributed by atoms with Crippen molar-refractivity contribution in [3.8, 4) is 22.5 Å². The van der Waals surface area contributed by atoms with Crippen molar-refractivity contribution in [2.45, 2.75) is 55.2 Å². The van der Waals surface area contributed by atoms with Gasteiger partial charge in [0.15, 0.2) is 0 Å². The lowest BCUT2D eigenvalue weighted by Crippen LogP contribution is -2.31. The Hall–Kier alpha value is -5.58. The van der Waals surface area contributed by atoms with Crippen LogP contribution >= 0.6 is 23.5 Å². The number of aryl methyl sites for hydroxylation is 2. The monoisotopic (exact) mass is 902 g/mol. The van der Waals surface area contributed by atoms with Gasteiger partial charge in [0.05, 0.1) is 11.0 Å². The van der Waals surface area contributed by atoms with E-state index in [1.807, 2.05) is 55.6 Å². The van der Waals surface area contributed by atoms with Crippen molar-refractivity contribution in [1.82, 2.24) is 8.88 Å². The molecule has 0 aromatic heterocycles. The van der Waals surface area contributed by atoms with Gasteiger partial charge in [-0.1, -0.05) is 105 Å². The van der Waals surface area contributed by atoms with Crippen molar-refractivity contribution in [2.75, 3.05) is 42.6 Å². The molecule has 1 aliphatic heterocycles. The van der Waals surface area contributed by atoms with Crippen LogP contribution in [0.2, 0.25) is 0 Å². The highest BCUT2D eigenvalue weighted by molar-refractivity contribution is 7.99. The minimum absolute atomic E-state index is 0.288. The zero-order chi connectivity index (χ0) is 44.5. The molecule has 6 aromatic carbocycles. The van der Waals surface area contributed by atoms with Crippen LogP contribution in [-0.2, 0) is 10.0 Å². The van der Waals surface area contributed by atoms with Gasteiger partial charge in [0.1, 0.15) is 17.9 Å². The van der Waals surface area contributed by atoms with Crippen molar-refractivity contribution >= 4 is 61.6 Å². The third-order valence-electron chi connectivity index (χ3n) is 11.7.